The highest BCUT2D eigenvalue weighted by Gasteiger charge is 2.34. The lowest BCUT2D eigenvalue weighted by molar-refractivity contribution is 0.199. The van der Waals surface area contributed by atoms with Gasteiger partial charge in [-0.05, 0) is 18.8 Å². The molecule has 0 aromatic carbocycles. The van der Waals surface area contributed by atoms with E-state index < -0.39 is 0 Å². The van der Waals surface area contributed by atoms with E-state index in [1.807, 2.05) is 0 Å². The molecular weight excluding hydrogens is 168 g/mol. The van der Waals surface area contributed by atoms with Crippen molar-refractivity contribution in [3.05, 3.63) is 0 Å². The van der Waals surface area contributed by atoms with Gasteiger partial charge in [0.15, 0.2) is 0 Å². The minimum atomic E-state index is 0.714. The van der Waals surface area contributed by atoms with E-state index in [0.29, 0.717) is 6.04 Å². The summed E-state index contributed by atoms with van der Waals surface area (Å²) < 4.78 is 0. The first-order valence-electron chi connectivity index (χ1n) is 4.93. The van der Waals surface area contributed by atoms with E-state index in [1.54, 1.807) is 0 Å². The lowest BCUT2D eigenvalue weighted by atomic mass is 10.1. The summed E-state index contributed by atoms with van der Waals surface area (Å²) in [6.45, 7) is 3.40. The van der Waals surface area contributed by atoms with Crippen molar-refractivity contribution >= 4 is 11.8 Å². The van der Waals surface area contributed by atoms with Crippen molar-refractivity contribution in [2.75, 3.05) is 31.1 Å². The molecule has 0 aromatic heterocycles. The zero-order chi connectivity index (χ0) is 8.39. The van der Waals surface area contributed by atoms with Crippen LogP contribution in [0.25, 0.3) is 0 Å². The number of hydrogen-bond acceptors (Lipinski definition) is 3. The summed E-state index contributed by atoms with van der Waals surface area (Å²) in [5, 5.41) is 0. The van der Waals surface area contributed by atoms with Crippen LogP contribution in [0.5, 0.6) is 0 Å². The second-order valence-corrected chi connectivity index (χ2v) is 5.01. The molecule has 0 spiro atoms. The Labute approximate surface area is 78.9 Å². The first kappa shape index (κ1) is 8.85. The van der Waals surface area contributed by atoms with Gasteiger partial charge in [0.2, 0.25) is 0 Å². The highest BCUT2D eigenvalue weighted by molar-refractivity contribution is 7.99. The lowest BCUT2D eigenvalue weighted by Gasteiger charge is -2.33. The van der Waals surface area contributed by atoms with Crippen LogP contribution in [0.15, 0.2) is 0 Å². The van der Waals surface area contributed by atoms with Gasteiger partial charge in [0.05, 0.1) is 0 Å². The fraction of sp³-hybridized carbons (Fsp3) is 1.00. The van der Waals surface area contributed by atoms with E-state index >= 15 is 0 Å². The molecule has 1 heterocycles. The van der Waals surface area contributed by atoms with Crippen molar-refractivity contribution in [1.29, 1.82) is 0 Å². The molecule has 2 rings (SSSR count). The average Bonchev–Trinajstić information content (AvgIpc) is 2.92. The number of nitrogens with zero attached hydrogens (tertiary/aromatic N) is 1. The molecule has 12 heavy (non-hydrogen) atoms. The predicted octanol–water partition coefficient (Wildman–Crippen LogP) is 0.772. The molecule has 0 bridgehead atoms. The molecule has 2 fully saturated rings. The fourth-order valence-electron chi connectivity index (χ4n) is 2.03. The van der Waals surface area contributed by atoms with Crippen molar-refractivity contribution in [2.24, 2.45) is 11.7 Å². The van der Waals surface area contributed by atoms with Gasteiger partial charge in [-0.3, -0.25) is 4.90 Å². The van der Waals surface area contributed by atoms with Crippen LogP contribution in [0, 0.1) is 5.92 Å². The van der Waals surface area contributed by atoms with Crippen LogP contribution in [0.2, 0.25) is 0 Å². The third-order valence-electron chi connectivity index (χ3n) is 2.92. The van der Waals surface area contributed by atoms with Crippen LogP contribution in [0.1, 0.15) is 12.8 Å². The fourth-order valence-corrected chi connectivity index (χ4v) is 2.96. The van der Waals surface area contributed by atoms with Gasteiger partial charge in [-0.2, -0.15) is 11.8 Å². The second kappa shape index (κ2) is 3.99. The van der Waals surface area contributed by atoms with Crippen molar-refractivity contribution in [2.45, 2.75) is 18.9 Å². The van der Waals surface area contributed by atoms with Crippen molar-refractivity contribution in [1.82, 2.24) is 4.90 Å². The number of nitrogens with two attached hydrogens (primary N) is 1. The maximum Gasteiger partial charge on any atom is 0.0247 e. The quantitative estimate of drug-likeness (QED) is 0.706. The summed E-state index contributed by atoms with van der Waals surface area (Å²) in [6, 6.07) is 0.714. The predicted molar refractivity (Wildman–Crippen MR) is 54.5 cm³/mol. The van der Waals surface area contributed by atoms with E-state index in [2.05, 4.69) is 16.7 Å². The monoisotopic (exact) mass is 186 g/mol. The summed E-state index contributed by atoms with van der Waals surface area (Å²) in [5.41, 5.74) is 5.80. The van der Waals surface area contributed by atoms with Crippen LogP contribution < -0.4 is 5.73 Å². The minimum absolute atomic E-state index is 0.714. The third-order valence-corrected chi connectivity index (χ3v) is 3.86. The third kappa shape index (κ3) is 1.95. The Bertz CT molecular complexity index is 141. The Kier molecular flexibility index (Phi) is 2.94. The van der Waals surface area contributed by atoms with Crippen LogP contribution in [0.4, 0.5) is 0 Å². The van der Waals surface area contributed by atoms with Gasteiger partial charge >= 0.3 is 0 Å². The first-order valence-corrected chi connectivity index (χ1v) is 6.09. The van der Waals surface area contributed by atoms with E-state index in [9.17, 15) is 0 Å². The van der Waals surface area contributed by atoms with Gasteiger partial charge < -0.3 is 5.73 Å². The zero-order valence-electron chi connectivity index (χ0n) is 7.54. The number of rotatable bonds is 3. The summed E-state index contributed by atoms with van der Waals surface area (Å²) in [6.07, 6.45) is 2.84. The molecule has 1 saturated heterocycles. The van der Waals surface area contributed by atoms with E-state index in [0.717, 1.165) is 12.5 Å². The maximum absolute atomic E-state index is 5.80. The van der Waals surface area contributed by atoms with Gasteiger partial charge in [-0.25, -0.2) is 0 Å². The van der Waals surface area contributed by atoms with Gasteiger partial charge in [0.1, 0.15) is 0 Å². The van der Waals surface area contributed by atoms with Crippen molar-refractivity contribution in [3.8, 4) is 0 Å². The minimum Gasteiger partial charge on any atom is -0.329 e. The molecule has 1 unspecified atom stereocenters. The molecule has 2 nitrogen and oxygen atoms in total. The summed E-state index contributed by atoms with van der Waals surface area (Å²) in [5.74, 6) is 3.56. The summed E-state index contributed by atoms with van der Waals surface area (Å²) >= 11 is 2.08. The van der Waals surface area contributed by atoms with E-state index in [1.165, 1.54) is 37.4 Å². The van der Waals surface area contributed by atoms with Crippen molar-refractivity contribution < 1.29 is 0 Å². The zero-order valence-corrected chi connectivity index (χ0v) is 8.35. The average molecular weight is 186 g/mol. The van der Waals surface area contributed by atoms with Gasteiger partial charge in [0, 0.05) is 37.2 Å². The summed E-state index contributed by atoms with van der Waals surface area (Å²) in [7, 11) is 0. The Morgan fingerprint density at radius 1 is 1.33 bits per heavy atom. The second-order valence-electron chi connectivity index (χ2n) is 3.79. The van der Waals surface area contributed by atoms with Crippen LogP contribution in [-0.2, 0) is 0 Å². The molecule has 1 aliphatic heterocycles. The Morgan fingerprint density at radius 2 is 2.00 bits per heavy atom. The highest BCUT2D eigenvalue weighted by Crippen LogP contribution is 2.35. The topological polar surface area (TPSA) is 29.3 Å². The number of hydrogen-bond donors (Lipinski definition) is 1. The molecule has 1 atom stereocenters. The SMILES string of the molecule is NCC(C1CC1)N1CCSCC1. The Hall–Kier alpha value is 0.270. The van der Waals surface area contributed by atoms with Crippen molar-refractivity contribution in [3.63, 3.8) is 0 Å². The van der Waals surface area contributed by atoms with E-state index in [4.69, 9.17) is 5.73 Å². The molecule has 2 N–H and O–H groups in total. The first-order chi connectivity index (χ1) is 5.92. The molecule has 1 aliphatic carbocycles. The molecular formula is C9H18N2S. The van der Waals surface area contributed by atoms with Crippen LogP contribution in [-0.4, -0.2) is 42.1 Å². The molecule has 0 aromatic rings. The molecule has 2 aliphatic rings. The molecule has 1 saturated carbocycles. The van der Waals surface area contributed by atoms with Crippen LogP contribution in [0.3, 0.4) is 0 Å². The molecule has 70 valence electrons. The van der Waals surface area contributed by atoms with Gasteiger partial charge in [-0.15, -0.1) is 0 Å². The molecule has 3 heteroatoms. The maximum atomic E-state index is 5.80. The van der Waals surface area contributed by atoms with Crippen LogP contribution >= 0.6 is 11.8 Å². The van der Waals surface area contributed by atoms with Gasteiger partial charge in [-0.1, -0.05) is 0 Å². The number of thioether (sulfide) groups is 1. The smallest absolute Gasteiger partial charge is 0.0247 e. The molecule has 0 radical (unpaired) electrons. The largest absolute Gasteiger partial charge is 0.329 e. The highest BCUT2D eigenvalue weighted by atomic mass is 32.2. The molecule has 0 amide bonds. The summed E-state index contributed by atoms with van der Waals surface area (Å²) in [4.78, 5) is 2.61. The lowest BCUT2D eigenvalue weighted by Crippen LogP contribution is -2.46. The standard InChI is InChI=1S/C9H18N2S/c10-7-9(8-1-2-8)11-3-5-12-6-4-11/h8-9H,1-7,10H2. The Balaban J connectivity index is 1.85. The normalized spacial score (nSPS) is 28.8. The Morgan fingerprint density at radius 3 is 2.50 bits per heavy atom. The van der Waals surface area contributed by atoms with Gasteiger partial charge in [0.25, 0.3) is 0 Å². The van der Waals surface area contributed by atoms with E-state index in [-0.39, 0.29) is 0 Å².